The lowest BCUT2D eigenvalue weighted by Crippen LogP contribution is -2.42. The van der Waals surface area contributed by atoms with E-state index < -0.39 is 16.1 Å². The molecule has 0 aromatic heterocycles. The van der Waals surface area contributed by atoms with Gasteiger partial charge in [-0.25, -0.2) is 8.42 Å². The van der Waals surface area contributed by atoms with Crippen LogP contribution in [0.1, 0.15) is 34.7 Å². The first-order chi connectivity index (χ1) is 16.4. The molecule has 2 aliphatic rings. The minimum atomic E-state index is -3.77. The first-order valence-corrected chi connectivity index (χ1v) is 12.7. The highest BCUT2D eigenvalue weighted by molar-refractivity contribution is 7.89. The first kappa shape index (κ1) is 22.4. The molecule has 0 bridgehead atoms. The Morgan fingerprint density at radius 2 is 1.79 bits per heavy atom. The monoisotopic (exact) mass is 478 g/mol. The highest BCUT2D eigenvalue weighted by Crippen LogP contribution is 2.36. The number of benzene rings is 3. The van der Waals surface area contributed by atoms with Crippen molar-refractivity contribution < 1.29 is 22.7 Å². The van der Waals surface area contributed by atoms with Crippen LogP contribution in [0, 0.1) is 6.92 Å². The third-order valence-corrected chi connectivity index (χ3v) is 8.22. The summed E-state index contributed by atoms with van der Waals surface area (Å²) in [4.78, 5) is 13.2. The number of ether oxygens (including phenoxy) is 2. The molecule has 2 heterocycles. The predicted molar refractivity (Wildman–Crippen MR) is 127 cm³/mol. The number of amides is 1. The molecule has 1 N–H and O–H groups in total. The van der Waals surface area contributed by atoms with Crippen LogP contribution in [-0.2, 0) is 27.8 Å². The quantitative estimate of drug-likeness (QED) is 0.584. The average Bonchev–Trinajstić information content (AvgIpc) is 3.31. The molecule has 1 atom stereocenters. The van der Waals surface area contributed by atoms with Gasteiger partial charge in [-0.05, 0) is 54.3 Å². The van der Waals surface area contributed by atoms with Crippen molar-refractivity contribution >= 4 is 15.9 Å². The number of hydrogen-bond donors (Lipinski definition) is 1. The molecule has 0 saturated heterocycles. The van der Waals surface area contributed by atoms with Gasteiger partial charge in [0.2, 0.25) is 22.7 Å². The second kappa shape index (κ2) is 9.12. The molecule has 0 saturated carbocycles. The van der Waals surface area contributed by atoms with Crippen LogP contribution in [0.15, 0.2) is 71.6 Å². The number of hydrogen-bond acceptors (Lipinski definition) is 5. The maximum atomic E-state index is 13.6. The largest absolute Gasteiger partial charge is 0.454 e. The summed E-state index contributed by atoms with van der Waals surface area (Å²) in [5.74, 6) is 1.12. The Balaban J connectivity index is 1.37. The minimum Gasteiger partial charge on any atom is -0.454 e. The summed E-state index contributed by atoms with van der Waals surface area (Å²) in [6.07, 6.45) is 0.642. The molecule has 7 nitrogen and oxygen atoms in total. The second-order valence-corrected chi connectivity index (χ2v) is 10.5. The minimum absolute atomic E-state index is 0.0344. The standard InChI is InChI=1S/C26H26N2O5S/c1-18-6-9-21(10-7-18)34(30,31)28-13-12-20-4-2-3-5-22(20)23(28)15-26(29)27-16-19-8-11-24-25(14-19)33-17-32-24/h2-11,14,23H,12-13,15-17H2,1H3,(H,27,29)/t23-/m0/s1. The van der Waals surface area contributed by atoms with Crippen LogP contribution >= 0.6 is 0 Å². The number of nitrogens with zero attached hydrogens (tertiary/aromatic N) is 1. The van der Waals surface area contributed by atoms with Gasteiger partial charge in [-0.15, -0.1) is 0 Å². The van der Waals surface area contributed by atoms with E-state index in [1.54, 1.807) is 24.3 Å². The Bertz CT molecular complexity index is 1320. The molecule has 176 valence electrons. The first-order valence-electron chi connectivity index (χ1n) is 11.2. The van der Waals surface area contributed by atoms with Crippen molar-refractivity contribution in [1.29, 1.82) is 0 Å². The van der Waals surface area contributed by atoms with Crippen molar-refractivity contribution in [2.75, 3.05) is 13.3 Å². The number of sulfonamides is 1. The molecule has 3 aromatic rings. The number of fused-ring (bicyclic) bond motifs is 2. The predicted octanol–water partition coefficient (Wildman–Crippen LogP) is 3.72. The van der Waals surface area contributed by atoms with Crippen LogP contribution in [0.2, 0.25) is 0 Å². The maximum absolute atomic E-state index is 13.6. The van der Waals surface area contributed by atoms with Crippen molar-refractivity contribution in [3.05, 3.63) is 89.0 Å². The highest BCUT2D eigenvalue weighted by Gasteiger charge is 2.37. The van der Waals surface area contributed by atoms with Gasteiger partial charge in [-0.3, -0.25) is 4.79 Å². The van der Waals surface area contributed by atoms with Crippen molar-refractivity contribution in [3.8, 4) is 11.5 Å². The lowest BCUT2D eigenvalue weighted by Gasteiger charge is -2.36. The summed E-state index contributed by atoms with van der Waals surface area (Å²) in [6.45, 7) is 2.75. The normalized spacial score (nSPS) is 17.3. The SMILES string of the molecule is Cc1ccc(S(=O)(=O)N2CCc3ccccc3[C@@H]2CC(=O)NCc2ccc3c(c2)OCO3)cc1. The topological polar surface area (TPSA) is 84.9 Å². The van der Waals surface area contributed by atoms with Gasteiger partial charge in [0.05, 0.1) is 10.9 Å². The van der Waals surface area contributed by atoms with E-state index in [0.717, 1.165) is 22.3 Å². The fourth-order valence-electron chi connectivity index (χ4n) is 4.47. The number of carbonyl (C=O) groups is 1. The van der Waals surface area contributed by atoms with Crippen LogP contribution in [-0.4, -0.2) is 32.0 Å². The molecule has 1 amide bonds. The number of carbonyl (C=O) groups excluding carboxylic acids is 1. The van der Waals surface area contributed by atoms with E-state index in [4.69, 9.17) is 9.47 Å². The van der Waals surface area contributed by atoms with Crippen molar-refractivity contribution in [2.24, 2.45) is 0 Å². The van der Waals surface area contributed by atoms with Crippen LogP contribution in [0.25, 0.3) is 0 Å². The third-order valence-electron chi connectivity index (χ3n) is 6.30. The Morgan fingerprint density at radius 3 is 2.62 bits per heavy atom. The van der Waals surface area contributed by atoms with Crippen LogP contribution < -0.4 is 14.8 Å². The van der Waals surface area contributed by atoms with E-state index in [2.05, 4.69) is 5.32 Å². The Labute approximate surface area is 199 Å². The lowest BCUT2D eigenvalue weighted by atomic mass is 9.92. The van der Waals surface area contributed by atoms with E-state index in [0.29, 0.717) is 31.0 Å². The van der Waals surface area contributed by atoms with Gasteiger partial charge in [0.15, 0.2) is 11.5 Å². The van der Waals surface area contributed by atoms with Crippen LogP contribution in [0.3, 0.4) is 0 Å². The van der Waals surface area contributed by atoms with Gasteiger partial charge < -0.3 is 14.8 Å². The van der Waals surface area contributed by atoms with E-state index in [-0.39, 0.29) is 24.0 Å². The Morgan fingerprint density at radius 1 is 1.03 bits per heavy atom. The van der Waals surface area contributed by atoms with Gasteiger partial charge in [-0.2, -0.15) is 4.31 Å². The van der Waals surface area contributed by atoms with Crippen molar-refractivity contribution in [3.63, 3.8) is 0 Å². The number of aryl methyl sites for hydroxylation is 1. The van der Waals surface area contributed by atoms with E-state index >= 15 is 0 Å². The summed E-state index contributed by atoms with van der Waals surface area (Å²) in [6, 6.07) is 19.5. The smallest absolute Gasteiger partial charge is 0.243 e. The Kier molecular flexibility index (Phi) is 6.02. The summed E-state index contributed by atoms with van der Waals surface area (Å²) in [7, 11) is -3.77. The Hall–Kier alpha value is -3.36. The molecular formula is C26H26N2O5S. The fourth-order valence-corrected chi connectivity index (χ4v) is 6.08. The molecule has 8 heteroatoms. The number of nitrogens with one attached hydrogen (secondary N) is 1. The number of rotatable bonds is 6. The zero-order valence-corrected chi connectivity index (χ0v) is 19.7. The fraction of sp³-hybridized carbons (Fsp3) is 0.269. The molecule has 0 fully saturated rings. The van der Waals surface area contributed by atoms with Gasteiger partial charge in [-0.1, -0.05) is 48.0 Å². The molecule has 0 aliphatic carbocycles. The van der Waals surface area contributed by atoms with Gasteiger partial charge in [0, 0.05) is 19.5 Å². The van der Waals surface area contributed by atoms with Gasteiger partial charge in [0.25, 0.3) is 0 Å². The molecule has 5 rings (SSSR count). The molecule has 0 radical (unpaired) electrons. The molecular weight excluding hydrogens is 452 g/mol. The molecule has 3 aromatic carbocycles. The highest BCUT2D eigenvalue weighted by atomic mass is 32.2. The molecule has 0 unspecified atom stereocenters. The molecule has 2 aliphatic heterocycles. The summed E-state index contributed by atoms with van der Waals surface area (Å²) >= 11 is 0. The summed E-state index contributed by atoms with van der Waals surface area (Å²) < 4.78 is 39.3. The zero-order valence-electron chi connectivity index (χ0n) is 18.9. The van der Waals surface area contributed by atoms with E-state index in [1.165, 1.54) is 4.31 Å². The maximum Gasteiger partial charge on any atom is 0.243 e. The van der Waals surface area contributed by atoms with Crippen LogP contribution in [0.5, 0.6) is 11.5 Å². The zero-order chi connectivity index (χ0) is 23.7. The summed E-state index contributed by atoms with van der Waals surface area (Å²) in [5, 5.41) is 2.93. The van der Waals surface area contributed by atoms with Gasteiger partial charge in [0.1, 0.15) is 0 Å². The van der Waals surface area contributed by atoms with Crippen molar-refractivity contribution in [1.82, 2.24) is 9.62 Å². The summed E-state index contributed by atoms with van der Waals surface area (Å²) in [5.41, 5.74) is 3.82. The second-order valence-electron chi connectivity index (χ2n) is 8.56. The van der Waals surface area contributed by atoms with Gasteiger partial charge >= 0.3 is 0 Å². The average molecular weight is 479 g/mol. The lowest BCUT2D eigenvalue weighted by molar-refractivity contribution is -0.122. The third kappa shape index (κ3) is 4.38. The molecule has 34 heavy (non-hydrogen) atoms. The van der Waals surface area contributed by atoms with Crippen LogP contribution in [0.4, 0.5) is 0 Å². The van der Waals surface area contributed by atoms with E-state index in [1.807, 2.05) is 49.4 Å². The van der Waals surface area contributed by atoms with Crippen molar-refractivity contribution in [2.45, 2.75) is 37.2 Å². The van der Waals surface area contributed by atoms with E-state index in [9.17, 15) is 13.2 Å². The molecule has 0 spiro atoms.